The van der Waals surface area contributed by atoms with E-state index in [1.807, 2.05) is 0 Å². The molecule has 0 heterocycles. The van der Waals surface area contributed by atoms with Crippen molar-refractivity contribution in [1.82, 2.24) is 0 Å². The summed E-state index contributed by atoms with van der Waals surface area (Å²) in [6.07, 6.45) is 12.1. The van der Waals surface area contributed by atoms with Gasteiger partial charge in [0.1, 0.15) is 6.10 Å². The van der Waals surface area contributed by atoms with Crippen LogP contribution in [0.2, 0.25) is 0 Å². The van der Waals surface area contributed by atoms with Crippen molar-refractivity contribution in [3.63, 3.8) is 0 Å². The first-order chi connectivity index (χ1) is 16.1. The fraction of sp³-hybridized carbons (Fsp3) is 0.538. The molecule has 0 aromatic rings. The zero-order valence-corrected chi connectivity index (χ0v) is 20.3. The Morgan fingerprint density at radius 3 is 1.71 bits per heavy atom. The SMILES string of the molecule is C=CC(=O)OCCCCCCCCCC(CC(C=C(C)C(=O)O)C=C(C)C(=O)O)OC(=O)C=C. The smallest absolute Gasteiger partial charge is 0.330 e. The van der Waals surface area contributed by atoms with Crippen LogP contribution in [0.3, 0.4) is 0 Å². The molecule has 0 aromatic carbocycles. The summed E-state index contributed by atoms with van der Waals surface area (Å²) >= 11 is 0. The van der Waals surface area contributed by atoms with E-state index >= 15 is 0 Å². The van der Waals surface area contributed by atoms with E-state index in [2.05, 4.69) is 13.2 Å². The van der Waals surface area contributed by atoms with Crippen LogP contribution < -0.4 is 0 Å². The number of carbonyl (C=O) groups excluding carboxylic acids is 2. The molecule has 0 saturated carbocycles. The van der Waals surface area contributed by atoms with E-state index in [4.69, 9.17) is 9.47 Å². The van der Waals surface area contributed by atoms with Crippen LogP contribution in [0.1, 0.15) is 71.6 Å². The molecule has 0 aliphatic rings. The molecular formula is C26H38O8. The second-order valence-electron chi connectivity index (χ2n) is 8.11. The topological polar surface area (TPSA) is 127 Å². The third-order valence-corrected chi connectivity index (χ3v) is 5.17. The molecule has 34 heavy (non-hydrogen) atoms. The molecule has 0 radical (unpaired) electrons. The fourth-order valence-corrected chi connectivity index (χ4v) is 3.30. The van der Waals surface area contributed by atoms with Crippen LogP contribution in [0, 0.1) is 5.92 Å². The van der Waals surface area contributed by atoms with Crippen molar-refractivity contribution in [3.05, 3.63) is 48.6 Å². The zero-order chi connectivity index (χ0) is 25.9. The number of carbonyl (C=O) groups is 4. The van der Waals surface area contributed by atoms with Gasteiger partial charge in [0.25, 0.3) is 0 Å². The van der Waals surface area contributed by atoms with E-state index in [0.717, 1.165) is 57.1 Å². The summed E-state index contributed by atoms with van der Waals surface area (Å²) in [5, 5.41) is 18.4. The van der Waals surface area contributed by atoms with E-state index in [1.165, 1.54) is 26.0 Å². The number of aliphatic carboxylic acids is 2. The second kappa shape index (κ2) is 18.3. The van der Waals surface area contributed by atoms with Crippen molar-refractivity contribution in [3.8, 4) is 0 Å². The number of unbranched alkanes of at least 4 members (excludes halogenated alkanes) is 6. The molecule has 0 aliphatic heterocycles. The van der Waals surface area contributed by atoms with Crippen molar-refractivity contribution in [2.45, 2.75) is 77.7 Å². The molecule has 0 rings (SSSR count). The largest absolute Gasteiger partial charge is 0.478 e. The van der Waals surface area contributed by atoms with Crippen molar-refractivity contribution in [1.29, 1.82) is 0 Å². The average molecular weight is 479 g/mol. The van der Waals surface area contributed by atoms with Crippen molar-refractivity contribution in [2.75, 3.05) is 6.61 Å². The highest BCUT2D eigenvalue weighted by Crippen LogP contribution is 2.22. The Labute approximate surface area is 202 Å². The molecule has 0 aromatic heterocycles. The van der Waals surface area contributed by atoms with Crippen LogP contribution >= 0.6 is 0 Å². The number of carboxylic acid groups (broad SMARTS) is 2. The van der Waals surface area contributed by atoms with Crippen LogP contribution in [0.5, 0.6) is 0 Å². The normalized spacial score (nSPS) is 13.5. The lowest BCUT2D eigenvalue weighted by Gasteiger charge is -2.21. The predicted molar refractivity (Wildman–Crippen MR) is 129 cm³/mol. The summed E-state index contributed by atoms with van der Waals surface area (Å²) < 4.78 is 10.4. The lowest BCUT2D eigenvalue weighted by molar-refractivity contribution is -0.144. The van der Waals surface area contributed by atoms with Crippen LogP contribution in [0.4, 0.5) is 0 Å². The lowest BCUT2D eigenvalue weighted by Crippen LogP contribution is -2.20. The van der Waals surface area contributed by atoms with Gasteiger partial charge in [0, 0.05) is 23.3 Å². The number of carboxylic acids is 2. The maximum atomic E-state index is 11.8. The molecular weight excluding hydrogens is 440 g/mol. The predicted octanol–water partition coefficient (Wildman–Crippen LogP) is 5.00. The highest BCUT2D eigenvalue weighted by Gasteiger charge is 2.19. The highest BCUT2D eigenvalue weighted by atomic mass is 16.5. The minimum Gasteiger partial charge on any atom is -0.478 e. The van der Waals surface area contributed by atoms with Crippen LogP contribution in [0.15, 0.2) is 48.6 Å². The van der Waals surface area contributed by atoms with Gasteiger partial charge in [0.05, 0.1) is 6.61 Å². The number of rotatable bonds is 19. The van der Waals surface area contributed by atoms with Gasteiger partial charge < -0.3 is 19.7 Å². The van der Waals surface area contributed by atoms with Gasteiger partial charge in [-0.05, 0) is 45.4 Å². The van der Waals surface area contributed by atoms with E-state index < -0.39 is 35.9 Å². The monoisotopic (exact) mass is 478 g/mol. The van der Waals surface area contributed by atoms with Gasteiger partial charge in [0.2, 0.25) is 0 Å². The molecule has 8 nitrogen and oxygen atoms in total. The summed E-state index contributed by atoms with van der Waals surface area (Å²) in [7, 11) is 0. The van der Waals surface area contributed by atoms with Crippen molar-refractivity contribution < 1.29 is 38.9 Å². The molecule has 0 saturated heterocycles. The second-order valence-corrected chi connectivity index (χ2v) is 8.11. The maximum absolute atomic E-state index is 11.8. The standard InChI is InChI=1S/C26H38O8/c1-5-23(27)33-15-13-11-9-7-8-10-12-14-22(34-24(28)6-2)18-21(16-19(3)25(29)30)17-20(4)26(31)32/h5-6,16-17,21-22H,1-2,7-15,18H2,3-4H3,(H,29,30)(H,31,32). The lowest BCUT2D eigenvalue weighted by atomic mass is 9.93. The van der Waals surface area contributed by atoms with Crippen molar-refractivity contribution >= 4 is 23.9 Å². The molecule has 0 fully saturated rings. The maximum Gasteiger partial charge on any atom is 0.330 e. The minimum atomic E-state index is -1.09. The summed E-state index contributed by atoms with van der Waals surface area (Å²) in [4.78, 5) is 45.2. The van der Waals surface area contributed by atoms with Gasteiger partial charge in [-0.1, -0.05) is 57.4 Å². The number of allylic oxidation sites excluding steroid dienone is 2. The van der Waals surface area contributed by atoms with E-state index in [9.17, 15) is 29.4 Å². The van der Waals surface area contributed by atoms with E-state index in [1.54, 1.807) is 0 Å². The van der Waals surface area contributed by atoms with Crippen molar-refractivity contribution in [2.24, 2.45) is 5.92 Å². The Kier molecular flexibility index (Phi) is 16.6. The Morgan fingerprint density at radius 2 is 1.24 bits per heavy atom. The Hall–Kier alpha value is -3.16. The minimum absolute atomic E-state index is 0.0903. The first-order valence-corrected chi connectivity index (χ1v) is 11.6. The Bertz CT molecular complexity index is 733. The van der Waals surface area contributed by atoms with Gasteiger partial charge in [-0.2, -0.15) is 0 Å². The first-order valence-electron chi connectivity index (χ1n) is 11.6. The molecule has 190 valence electrons. The number of ether oxygens (including phenoxy) is 2. The summed E-state index contributed by atoms with van der Waals surface area (Å²) in [6, 6.07) is 0. The molecule has 8 heteroatoms. The van der Waals surface area contributed by atoms with Gasteiger partial charge in [-0.25, -0.2) is 19.2 Å². The van der Waals surface area contributed by atoms with Gasteiger partial charge in [-0.3, -0.25) is 0 Å². The molecule has 0 amide bonds. The van der Waals surface area contributed by atoms with E-state index in [-0.39, 0.29) is 17.6 Å². The van der Waals surface area contributed by atoms with Crippen LogP contribution in [-0.4, -0.2) is 46.8 Å². The molecule has 1 unspecified atom stereocenters. The zero-order valence-electron chi connectivity index (χ0n) is 20.3. The average Bonchev–Trinajstić information content (AvgIpc) is 2.79. The molecule has 0 spiro atoms. The number of hydrogen-bond acceptors (Lipinski definition) is 6. The number of hydrogen-bond donors (Lipinski definition) is 2. The van der Waals surface area contributed by atoms with Gasteiger partial charge in [0.15, 0.2) is 0 Å². The summed E-state index contributed by atoms with van der Waals surface area (Å²) in [5.74, 6) is -3.67. The van der Waals surface area contributed by atoms with E-state index in [0.29, 0.717) is 13.0 Å². The first kappa shape index (κ1) is 30.8. The van der Waals surface area contributed by atoms with Gasteiger partial charge >= 0.3 is 23.9 Å². The summed E-state index contributed by atoms with van der Waals surface area (Å²) in [5.41, 5.74) is 0.181. The third-order valence-electron chi connectivity index (χ3n) is 5.17. The highest BCUT2D eigenvalue weighted by molar-refractivity contribution is 5.87. The summed E-state index contributed by atoms with van der Waals surface area (Å²) in [6.45, 7) is 10.0. The quantitative estimate of drug-likeness (QED) is 0.151. The van der Waals surface area contributed by atoms with Gasteiger partial charge in [-0.15, -0.1) is 0 Å². The Balaban J connectivity index is 4.75. The number of esters is 2. The fourth-order valence-electron chi connectivity index (χ4n) is 3.30. The molecule has 0 aliphatic carbocycles. The third kappa shape index (κ3) is 15.6. The molecule has 2 N–H and O–H groups in total. The van der Waals surface area contributed by atoms with Crippen LogP contribution in [-0.2, 0) is 28.7 Å². The molecule has 0 bridgehead atoms. The Morgan fingerprint density at radius 1 is 0.765 bits per heavy atom. The molecule has 1 atom stereocenters. The van der Waals surface area contributed by atoms with Crippen LogP contribution in [0.25, 0.3) is 0 Å².